The van der Waals surface area contributed by atoms with Crippen LogP contribution in [0.4, 0.5) is 0 Å². The van der Waals surface area contributed by atoms with Crippen molar-refractivity contribution in [2.45, 2.75) is 39.7 Å². The van der Waals surface area contributed by atoms with Crippen LogP contribution in [0.1, 0.15) is 33.6 Å². The molecule has 0 saturated heterocycles. The van der Waals surface area contributed by atoms with Gasteiger partial charge in [0, 0.05) is 18.6 Å². The Labute approximate surface area is 91.8 Å². The predicted molar refractivity (Wildman–Crippen MR) is 59.7 cm³/mol. The molecule has 0 saturated carbocycles. The van der Waals surface area contributed by atoms with Crippen molar-refractivity contribution < 1.29 is 14.6 Å². The molecule has 0 bridgehead atoms. The lowest BCUT2D eigenvalue weighted by Crippen LogP contribution is -2.49. The number of carbonyl (C=O) groups is 1. The summed E-state index contributed by atoms with van der Waals surface area (Å²) in [5.74, 6) is -0.631. The van der Waals surface area contributed by atoms with Gasteiger partial charge >= 0.3 is 5.97 Å². The molecule has 0 radical (unpaired) electrons. The van der Waals surface area contributed by atoms with Crippen LogP contribution in [0.3, 0.4) is 0 Å². The first-order valence-electron chi connectivity index (χ1n) is 5.37. The highest BCUT2D eigenvalue weighted by atomic mass is 16.5. The summed E-state index contributed by atoms with van der Waals surface area (Å²) in [6.07, 6.45) is 0.822. The molecule has 90 valence electrons. The number of methoxy groups -OCH3 is 1. The highest BCUT2D eigenvalue weighted by Gasteiger charge is 2.41. The van der Waals surface area contributed by atoms with Gasteiger partial charge in [-0.05, 0) is 12.3 Å². The summed E-state index contributed by atoms with van der Waals surface area (Å²) in [5, 5.41) is 8.96. The van der Waals surface area contributed by atoms with Crippen LogP contribution in [0.5, 0.6) is 0 Å². The molecule has 0 aliphatic heterocycles. The lowest BCUT2D eigenvalue weighted by molar-refractivity contribution is -0.143. The van der Waals surface area contributed by atoms with E-state index in [0.717, 1.165) is 6.42 Å². The molecule has 0 rings (SSSR count). The molecule has 0 aromatic rings. The molecule has 3 N–H and O–H groups in total. The van der Waals surface area contributed by atoms with Gasteiger partial charge < -0.3 is 15.6 Å². The zero-order valence-electron chi connectivity index (χ0n) is 10.1. The fourth-order valence-electron chi connectivity index (χ4n) is 2.04. The van der Waals surface area contributed by atoms with Crippen LogP contribution in [0, 0.1) is 11.3 Å². The second-order valence-electron chi connectivity index (χ2n) is 4.41. The first-order valence-corrected chi connectivity index (χ1v) is 5.37. The summed E-state index contributed by atoms with van der Waals surface area (Å²) in [6, 6.07) is -0.145. The summed E-state index contributed by atoms with van der Waals surface area (Å²) in [6.45, 7) is 6.36. The number of nitrogens with two attached hydrogens (primary N) is 1. The molecule has 0 fully saturated rings. The standard InChI is InChI=1S/C11H23NO3/c1-5-9(12)11(7-15-4,8(2)3)6-10(13)14/h8-9H,5-7,12H2,1-4H3,(H,13,14). The second-order valence-corrected chi connectivity index (χ2v) is 4.41. The average molecular weight is 217 g/mol. The molecule has 0 heterocycles. The predicted octanol–water partition coefficient (Wildman–Crippen LogP) is 1.49. The Balaban J connectivity index is 4.96. The molecule has 0 aliphatic rings. The highest BCUT2D eigenvalue weighted by molar-refractivity contribution is 5.68. The molecule has 4 nitrogen and oxygen atoms in total. The van der Waals surface area contributed by atoms with Crippen molar-refractivity contribution in [1.29, 1.82) is 0 Å². The van der Waals surface area contributed by atoms with Crippen molar-refractivity contribution in [3.05, 3.63) is 0 Å². The Bertz CT molecular complexity index is 206. The van der Waals surface area contributed by atoms with Crippen LogP contribution in [-0.4, -0.2) is 30.8 Å². The summed E-state index contributed by atoms with van der Waals surface area (Å²) in [4.78, 5) is 10.9. The number of carboxylic acid groups (broad SMARTS) is 1. The zero-order chi connectivity index (χ0) is 12.1. The monoisotopic (exact) mass is 217 g/mol. The number of rotatable bonds is 7. The van der Waals surface area contributed by atoms with E-state index < -0.39 is 11.4 Å². The lowest BCUT2D eigenvalue weighted by Gasteiger charge is -2.40. The molecular formula is C11H23NO3. The van der Waals surface area contributed by atoms with Crippen molar-refractivity contribution in [2.75, 3.05) is 13.7 Å². The Morgan fingerprint density at radius 1 is 1.53 bits per heavy atom. The van der Waals surface area contributed by atoms with Gasteiger partial charge in [-0.25, -0.2) is 0 Å². The van der Waals surface area contributed by atoms with E-state index in [9.17, 15) is 4.79 Å². The van der Waals surface area contributed by atoms with Crippen LogP contribution in [0.2, 0.25) is 0 Å². The summed E-state index contributed by atoms with van der Waals surface area (Å²) >= 11 is 0. The van der Waals surface area contributed by atoms with Gasteiger partial charge in [0.15, 0.2) is 0 Å². The summed E-state index contributed by atoms with van der Waals surface area (Å²) in [7, 11) is 1.58. The van der Waals surface area contributed by atoms with Crippen LogP contribution in [0.25, 0.3) is 0 Å². The maximum Gasteiger partial charge on any atom is 0.304 e. The fraction of sp³-hybridized carbons (Fsp3) is 0.909. The summed E-state index contributed by atoms with van der Waals surface area (Å²) in [5.41, 5.74) is 5.58. The molecule has 0 spiro atoms. The van der Waals surface area contributed by atoms with Crippen molar-refractivity contribution in [1.82, 2.24) is 0 Å². The van der Waals surface area contributed by atoms with Gasteiger partial charge in [-0.1, -0.05) is 20.8 Å². The molecule has 0 amide bonds. The highest BCUT2D eigenvalue weighted by Crippen LogP contribution is 2.36. The van der Waals surface area contributed by atoms with Crippen LogP contribution in [0.15, 0.2) is 0 Å². The van der Waals surface area contributed by atoms with E-state index in [1.807, 2.05) is 20.8 Å². The lowest BCUT2D eigenvalue weighted by atomic mass is 9.69. The average Bonchev–Trinajstić information content (AvgIpc) is 2.14. The number of carboxylic acids is 1. The van der Waals surface area contributed by atoms with Crippen LogP contribution >= 0.6 is 0 Å². The van der Waals surface area contributed by atoms with Crippen molar-refractivity contribution in [3.63, 3.8) is 0 Å². The third-order valence-corrected chi connectivity index (χ3v) is 3.22. The van der Waals surface area contributed by atoms with Crippen molar-refractivity contribution in [2.24, 2.45) is 17.1 Å². The normalized spacial score (nSPS) is 17.5. The molecule has 2 unspecified atom stereocenters. The second kappa shape index (κ2) is 6.08. The van der Waals surface area contributed by atoms with Gasteiger partial charge in [0.1, 0.15) is 0 Å². The third-order valence-electron chi connectivity index (χ3n) is 3.22. The van der Waals surface area contributed by atoms with Crippen molar-refractivity contribution in [3.8, 4) is 0 Å². The molecule has 4 heteroatoms. The maximum absolute atomic E-state index is 10.9. The van der Waals surface area contributed by atoms with E-state index in [1.54, 1.807) is 7.11 Å². The molecule has 2 atom stereocenters. The third kappa shape index (κ3) is 3.47. The molecular weight excluding hydrogens is 194 g/mol. The topological polar surface area (TPSA) is 72.5 Å². The van der Waals surface area contributed by atoms with E-state index >= 15 is 0 Å². The minimum Gasteiger partial charge on any atom is -0.481 e. The SMILES string of the molecule is CCC(N)C(COC)(CC(=O)O)C(C)C. The Morgan fingerprint density at radius 3 is 2.33 bits per heavy atom. The van der Waals surface area contributed by atoms with Gasteiger partial charge in [-0.3, -0.25) is 4.79 Å². The number of hydrogen-bond donors (Lipinski definition) is 2. The molecule has 0 aliphatic carbocycles. The van der Waals surface area contributed by atoms with E-state index in [-0.39, 0.29) is 18.4 Å². The largest absolute Gasteiger partial charge is 0.481 e. The Morgan fingerprint density at radius 2 is 2.07 bits per heavy atom. The maximum atomic E-state index is 10.9. The smallest absolute Gasteiger partial charge is 0.304 e. The Kier molecular flexibility index (Phi) is 5.83. The zero-order valence-corrected chi connectivity index (χ0v) is 10.1. The fourth-order valence-corrected chi connectivity index (χ4v) is 2.04. The molecule has 0 aromatic carbocycles. The van der Waals surface area contributed by atoms with E-state index in [4.69, 9.17) is 15.6 Å². The number of aliphatic carboxylic acids is 1. The van der Waals surface area contributed by atoms with E-state index in [2.05, 4.69) is 0 Å². The minimum absolute atomic E-state index is 0.0630. The Hall–Kier alpha value is -0.610. The van der Waals surface area contributed by atoms with Gasteiger partial charge in [0.25, 0.3) is 0 Å². The molecule has 0 aromatic heterocycles. The number of ether oxygens (including phenoxy) is 1. The molecule has 15 heavy (non-hydrogen) atoms. The van der Waals surface area contributed by atoms with Gasteiger partial charge in [0.05, 0.1) is 13.0 Å². The first kappa shape index (κ1) is 14.4. The van der Waals surface area contributed by atoms with Crippen molar-refractivity contribution >= 4 is 5.97 Å². The van der Waals surface area contributed by atoms with E-state index in [1.165, 1.54) is 0 Å². The quantitative estimate of drug-likeness (QED) is 0.677. The summed E-state index contributed by atoms with van der Waals surface area (Å²) < 4.78 is 5.15. The van der Waals surface area contributed by atoms with Crippen LogP contribution in [-0.2, 0) is 9.53 Å². The first-order chi connectivity index (χ1) is 6.90. The van der Waals surface area contributed by atoms with E-state index in [0.29, 0.717) is 6.61 Å². The van der Waals surface area contributed by atoms with Gasteiger partial charge in [-0.15, -0.1) is 0 Å². The van der Waals surface area contributed by atoms with Crippen LogP contribution < -0.4 is 5.73 Å². The number of hydrogen-bond acceptors (Lipinski definition) is 3. The van der Waals surface area contributed by atoms with Gasteiger partial charge in [0.2, 0.25) is 0 Å². The minimum atomic E-state index is -0.815. The van der Waals surface area contributed by atoms with Gasteiger partial charge in [-0.2, -0.15) is 0 Å².